The topological polar surface area (TPSA) is 35.6 Å². The fourth-order valence-electron chi connectivity index (χ4n) is 3.35. The normalized spacial score (nSPS) is 14.5. The number of carbonyl (C=O) groups is 1. The second-order valence-corrected chi connectivity index (χ2v) is 6.22. The molecule has 0 saturated heterocycles. The van der Waals surface area contributed by atoms with Gasteiger partial charge in [0.05, 0.1) is 0 Å². The van der Waals surface area contributed by atoms with Crippen LogP contribution < -0.4 is 5.43 Å². The zero-order valence-corrected chi connectivity index (χ0v) is 15.8. The Kier molecular flexibility index (Phi) is 12.8. The van der Waals surface area contributed by atoms with Gasteiger partial charge in [0.25, 0.3) is 0 Å². The van der Waals surface area contributed by atoms with Crippen molar-refractivity contribution >= 4 is 5.78 Å². The summed E-state index contributed by atoms with van der Waals surface area (Å²) in [6.45, 7) is 15.9. The Hall–Kier alpha value is -0.450. The van der Waals surface area contributed by atoms with Gasteiger partial charge in [-0.05, 0) is 58.8 Å². The standard InChI is InChI=1S/C18H39N3O/c1-7-12-17(18(8-2)16(5)22)15-21(19-6)14-11-13-20(9-3)10-4/h17-19H,7-15H2,1-6H3. The average molecular weight is 314 g/mol. The van der Waals surface area contributed by atoms with E-state index in [2.05, 4.69) is 43.0 Å². The summed E-state index contributed by atoms with van der Waals surface area (Å²) < 4.78 is 0. The molecule has 4 heteroatoms. The first-order chi connectivity index (χ1) is 10.5. The Morgan fingerprint density at radius 2 is 1.73 bits per heavy atom. The van der Waals surface area contributed by atoms with Gasteiger partial charge in [-0.3, -0.25) is 10.2 Å². The maximum absolute atomic E-state index is 11.9. The van der Waals surface area contributed by atoms with Crippen molar-refractivity contribution in [3.63, 3.8) is 0 Å². The van der Waals surface area contributed by atoms with Crippen LogP contribution >= 0.6 is 0 Å². The molecule has 0 rings (SSSR count). The molecule has 0 spiro atoms. The van der Waals surface area contributed by atoms with Crippen molar-refractivity contribution in [2.24, 2.45) is 11.8 Å². The summed E-state index contributed by atoms with van der Waals surface area (Å²) in [5.41, 5.74) is 3.32. The summed E-state index contributed by atoms with van der Waals surface area (Å²) >= 11 is 0. The number of ketones is 1. The maximum atomic E-state index is 11.9. The van der Waals surface area contributed by atoms with Gasteiger partial charge < -0.3 is 4.90 Å². The number of nitrogens with one attached hydrogen (secondary N) is 1. The number of nitrogens with zero attached hydrogens (tertiary/aromatic N) is 2. The highest BCUT2D eigenvalue weighted by atomic mass is 16.1. The molecule has 0 fully saturated rings. The van der Waals surface area contributed by atoms with Crippen LogP contribution in [0.5, 0.6) is 0 Å². The van der Waals surface area contributed by atoms with E-state index in [4.69, 9.17) is 0 Å². The van der Waals surface area contributed by atoms with Gasteiger partial charge in [-0.25, -0.2) is 5.01 Å². The molecule has 1 N–H and O–H groups in total. The Morgan fingerprint density at radius 1 is 1.09 bits per heavy atom. The molecule has 0 aliphatic rings. The molecular weight excluding hydrogens is 274 g/mol. The SMILES string of the molecule is CCCC(CN(CCCN(CC)CC)NC)C(CC)C(C)=O. The summed E-state index contributed by atoms with van der Waals surface area (Å²) in [5.74, 6) is 1.02. The molecule has 0 saturated carbocycles. The van der Waals surface area contributed by atoms with Gasteiger partial charge >= 0.3 is 0 Å². The molecule has 0 aromatic rings. The summed E-state index contributed by atoms with van der Waals surface area (Å²) in [4.78, 5) is 14.4. The van der Waals surface area contributed by atoms with E-state index in [1.54, 1.807) is 6.92 Å². The van der Waals surface area contributed by atoms with Crippen LogP contribution in [-0.2, 0) is 4.79 Å². The molecule has 0 aromatic heterocycles. The van der Waals surface area contributed by atoms with Crippen molar-refractivity contribution in [1.29, 1.82) is 0 Å². The van der Waals surface area contributed by atoms with Crippen molar-refractivity contribution < 1.29 is 4.79 Å². The third-order valence-electron chi connectivity index (χ3n) is 4.76. The molecule has 0 aromatic carbocycles. The molecule has 132 valence electrons. The van der Waals surface area contributed by atoms with Gasteiger partial charge in [0.2, 0.25) is 0 Å². The van der Waals surface area contributed by atoms with Gasteiger partial charge in [0.15, 0.2) is 0 Å². The van der Waals surface area contributed by atoms with Crippen molar-refractivity contribution in [1.82, 2.24) is 15.3 Å². The molecule has 2 unspecified atom stereocenters. The number of rotatable bonds is 14. The number of hydrogen-bond acceptors (Lipinski definition) is 4. The van der Waals surface area contributed by atoms with E-state index in [1.807, 2.05) is 7.05 Å². The minimum Gasteiger partial charge on any atom is -0.304 e. The quantitative estimate of drug-likeness (QED) is 0.500. The van der Waals surface area contributed by atoms with E-state index in [9.17, 15) is 4.79 Å². The van der Waals surface area contributed by atoms with E-state index < -0.39 is 0 Å². The van der Waals surface area contributed by atoms with Crippen molar-refractivity contribution in [3.8, 4) is 0 Å². The Morgan fingerprint density at radius 3 is 2.14 bits per heavy atom. The smallest absolute Gasteiger partial charge is 0.133 e. The first-order valence-electron chi connectivity index (χ1n) is 9.18. The minimum absolute atomic E-state index is 0.207. The van der Waals surface area contributed by atoms with Crippen LogP contribution in [0, 0.1) is 11.8 Å². The van der Waals surface area contributed by atoms with Crippen LogP contribution in [0.4, 0.5) is 0 Å². The largest absolute Gasteiger partial charge is 0.304 e. The predicted molar refractivity (Wildman–Crippen MR) is 95.9 cm³/mol. The van der Waals surface area contributed by atoms with E-state index in [1.165, 1.54) is 0 Å². The van der Waals surface area contributed by atoms with Crippen molar-refractivity contribution in [3.05, 3.63) is 0 Å². The van der Waals surface area contributed by atoms with Gasteiger partial charge in [-0.2, -0.15) is 0 Å². The zero-order chi connectivity index (χ0) is 17.0. The second-order valence-electron chi connectivity index (χ2n) is 6.22. The zero-order valence-electron chi connectivity index (χ0n) is 15.8. The second kappa shape index (κ2) is 13.0. The Balaban J connectivity index is 4.48. The molecule has 0 bridgehead atoms. The number of hydrazine groups is 1. The highest BCUT2D eigenvalue weighted by molar-refractivity contribution is 5.78. The van der Waals surface area contributed by atoms with Gasteiger partial charge in [-0.15, -0.1) is 0 Å². The molecule has 0 heterocycles. The highest BCUT2D eigenvalue weighted by Gasteiger charge is 2.25. The average Bonchev–Trinajstić information content (AvgIpc) is 2.50. The maximum Gasteiger partial charge on any atom is 0.133 e. The van der Waals surface area contributed by atoms with E-state index in [0.717, 1.165) is 58.4 Å². The highest BCUT2D eigenvalue weighted by Crippen LogP contribution is 2.23. The minimum atomic E-state index is 0.207. The lowest BCUT2D eigenvalue weighted by molar-refractivity contribution is -0.123. The molecule has 0 radical (unpaired) electrons. The molecule has 0 amide bonds. The number of carbonyl (C=O) groups excluding carboxylic acids is 1. The Bertz CT molecular complexity index is 280. The van der Waals surface area contributed by atoms with Crippen molar-refractivity contribution in [2.75, 3.05) is 39.8 Å². The fraction of sp³-hybridized carbons (Fsp3) is 0.944. The fourth-order valence-corrected chi connectivity index (χ4v) is 3.35. The number of Topliss-reactive ketones (excluding diaryl/α,β-unsaturated/α-hetero) is 1. The van der Waals surface area contributed by atoms with Crippen LogP contribution in [0.3, 0.4) is 0 Å². The lowest BCUT2D eigenvalue weighted by atomic mass is 9.83. The lowest BCUT2D eigenvalue weighted by Gasteiger charge is -2.31. The summed E-state index contributed by atoms with van der Waals surface area (Å²) in [6, 6.07) is 0. The summed E-state index contributed by atoms with van der Waals surface area (Å²) in [6.07, 6.45) is 4.40. The molecule has 4 nitrogen and oxygen atoms in total. The van der Waals surface area contributed by atoms with E-state index >= 15 is 0 Å². The van der Waals surface area contributed by atoms with Gasteiger partial charge in [0.1, 0.15) is 5.78 Å². The van der Waals surface area contributed by atoms with Crippen LogP contribution in [0.1, 0.15) is 60.3 Å². The predicted octanol–water partition coefficient (Wildman–Crippen LogP) is 3.19. The van der Waals surface area contributed by atoms with Crippen LogP contribution in [0.25, 0.3) is 0 Å². The van der Waals surface area contributed by atoms with E-state index in [-0.39, 0.29) is 5.92 Å². The summed E-state index contributed by atoms with van der Waals surface area (Å²) in [5, 5.41) is 2.30. The van der Waals surface area contributed by atoms with Gasteiger partial charge in [0, 0.05) is 19.0 Å². The van der Waals surface area contributed by atoms with E-state index in [0.29, 0.717) is 11.7 Å². The van der Waals surface area contributed by atoms with Crippen LogP contribution in [0.15, 0.2) is 0 Å². The molecule has 0 aliphatic carbocycles. The molecule has 22 heavy (non-hydrogen) atoms. The monoisotopic (exact) mass is 313 g/mol. The third kappa shape index (κ3) is 8.25. The lowest BCUT2D eigenvalue weighted by Crippen LogP contribution is -2.43. The van der Waals surface area contributed by atoms with Crippen LogP contribution in [-0.4, -0.2) is 55.5 Å². The summed E-state index contributed by atoms with van der Waals surface area (Å²) in [7, 11) is 2.00. The Labute approximate surface area is 138 Å². The van der Waals surface area contributed by atoms with Crippen molar-refractivity contribution in [2.45, 2.75) is 60.3 Å². The first-order valence-corrected chi connectivity index (χ1v) is 9.18. The number of hydrogen-bond donors (Lipinski definition) is 1. The third-order valence-corrected chi connectivity index (χ3v) is 4.76. The molecule has 0 aliphatic heterocycles. The molecule has 2 atom stereocenters. The van der Waals surface area contributed by atoms with Gasteiger partial charge in [-0.1, -0.05) is 34.1 Å². The first kappa shape index (κ1) is 21.6. The van der Waals surface area contributed by atoms with Crippen LogP contribution in [0.2, 0.25) is 0 Å². The molecular formula is C18H39N3O.